The summed E-state index contributed by atoms with van der Waals surface area (Å²) in [5.41, 5.74) is 0. The fourth-order valence-corrected chi connectivity index (χ4v) is 9.64. The lowest BCUT2D eigenvalue weighted by Gasteiger charge is -2.20. The molecule has 0 heterocycles. The number of esters is 1. The van der Waals surface area contributed by atoms with Crippen LogP contribution in [-0.4, -0.2) is 47.4 Å². The average Bonchev–Trinajstić information content (AvgIpc) is 3.33. The van der Waals surface area contributed by atoms with Gasteiger partial charge in [0.15, 0.2) is 0 Å². The molecule has 0 aliphatic rings. The fraction of sp³-hybridized carbons (Fsp3) is 0.934. The van der Waals surface area contributed by atoms with E-state index in [4.69, 9.17) is 4.74 Å². The van der Waals surface area contributed by atoms with Gasteiger partial charge in [0, 0.05) is 12.8 Å². The van der Waals surface area contributed by atoms with Gasteiger partial charge in [-0.25, -0.2) is 0 Å². The summed E-state index contributed by atoms with van der Waals surface area (Å²) in [6.45, 7) is 4.91. The first kappa shape index (κ1) is 65.6. The number of aliphatic hydroxyl groups excluding tert-OH is 2. The van der Waals surface area contributed by atoms with E-state index in [1.54, 1.807) is 6.08 Å². The highest BCUT2D eigenvalue weighted by Gasteiger charge is 2.18. The summed E-state index contributed by atoms with van der Waals surface area (Å²) in [7, 11) is 0. The molecule has 3 N–H and O–H groups in total. The summed E-state index contributed by atoms with van der Waals surface area (Å²) < 4.78 is 5.47. The maximum Gasteiger partial charge on any atom is 0.305 e. The van der Waals surface area contributed by atoms with Crippen LogP contribution in [0.3, 0.4) is 0 Å². The molecule has 0 saturated carbocycles. The van der Waals surface area contributed by atoms with Crippen molar-refractivity contribution in [3.63, 3.8) is 0 Å². The smallest absolute Gasteiger partial charge is 0.305 e. The second-order valence-corrected chi connectivity index (χ2v) is 21.0. The van der Waals surface area contributed by atoms with Crippen LogP contribution in [0, 0.1) is 0 Å². The molecule has 1 amide bonds. The average molecular weight is 947 g/mol. The maximum absolute atomic E-state index is 12.5. The molecule has 2 atom stereocenters. The van der Waals surface area contributed by atoms with E-state index in [1.165, 1.54) is 257 Å². The van der Waals surface area contributed by atoms with Gasteiger partial charge in [-0.3, -0.25) is 9.59 Å². The number of carbonyl (C=O) groups excluding carboxylic acids is 2. The number of unbranched alkanes of at least 4 members (excludes halogenated alkanes) is 46. The van der Waals surface area contributed by atoms with Crippen LogP contribution in [0.1, 0.15) is 341 Å². The number of nitrogens with one attached hydrogen (secondary N) is 1. The molecular weight excluding hydrogens is 827 g/mol. The molecule has 0 aliphatic carbocycles. The van der Waals surface area contributed by atoms with Crippen molar-refractivity contribution in [2.24, 2.45) is 0 Å². The number of hydrogen-bond acceptors (Lipinski definition) is 5. The zero-order chi connectivity index (χ0) is 48.6. The van der Waals surface area contributed by atoms with Gasteiger partial charge in [0.05, 0.1) is 25.4 Å². The molecule has 0 bridgehead atoms. The van der Waals surface area contributed by atoms with Crippen molar-refractivity contribution >= 4 is 11.9 Å². The van der Waals surface area contributed by atoms with Crippen molar-refractivity contribution in [2.75, 3.05) is 13.2 Å². The first-order valence-electron chi connectivity index (χ1n) is 30.5. The van der Waals surface area contributed by atoms with Crippen LogP contribution >= 0.6 is 0 Å². The maximum atomic E-state index is 12.5. The van der Waals surface area contributed by atoms with Crippen LogP contribution < -0.4 is 5.32 Å². The van der Waals surface area contributed by atoms with Gasteiger partial charge in [-0.1, -0.05) is 309 Å². The summed E-state index contributed by atoms with van der Waals surface area (Å²) >= 11 is 0. The lowest BCUT2D eigenvalue weighted by Crippen LogP contribution is -2.45. The van der Waals surface area contributed by atoms with Crippen LogP contribution in [0.15, 0.2) is 12.2 Å². The molecule has 0 rings (SSSR count). The van der Waals surface area contributed by atoms with Gasteiger partial charge in [0.25, 0.3) is 0 Å². The molecule has 0 aromatic carbocycles. The second kappa shape index (κ2) is 57.2. The van der Waals surface area contributed by atoms with E-state index in [2.05, 4.69) is 19.2 Å². The van der Waals surface area contributed by atoms with Crippen LogP contribution in [0.5, 0.6) is 0 Å². The highest BCUT2D eigenvalue weighted by Crippen LogP contribution is 2.18. The SMILES string of the molecule is CCCCCCCCCCCCCCCCCCCCCCC/C=C/C(O)C(CO)NC(=O)CCCCCCCCCCCCCCCOC(=O)CCCCCCCCCCCCCCCC. The third-order valence-electron chi connectivity index (χ3n) is 14.3. The van der Waals surface area contributed by atoms with E-state index in [9.17, 15) is 19.8 Å². The molecule has 2 unspecified atom stereocenters. The minimum atomic E-state index is -0.853. The lowest BCUT2D eigenvalue weighted by molar-refractivity contribution is -0.143. The van der Waals surface area contributed by atoms with Crippen LogP contribution in [-0.2, 0) is 14.3 Å². The highest BCUT2D eigenvalue weighted by atomic mass is 16.5. The lowest BCUT2D eigenvalue weighted by atomic mass is 10.0. The number of carbonyl (C=O) groups is 2. The molecule has 0 aliphatic heterocycles. The largest absolute Gasteiger partial charge is 0.466 e. The predicted molar refractivity (Wildman–Crippen MR) is 292 cm³/mol. The van der Waals surface area contributed by atoms with Crippen LogP contribution in [0.2, 0.25) is 0 Å². The van der Waals surface area contributed by atoms with E-state index in [1.807, 2.05) is 6.08 Å². The molecule has 398 valence electrons. The fourth-order valence-electron chi connectivity index (χ4n) is 9.64. The van der Waals surface area contributed by atoms with Crippen molar-refractivity contribution in [1.29, 1.82) is 0 Å². The number of aliphatic hydroxyl groups is 2. The third kappa shape index (κ3) is 53.8. The Balaban J connectivity index is 3.47. The molecule has 6 nitrogen and oxygen atoms in total. The van der Waals surface area contributed by atoms with Gasteiger partial charge in [-0.05, 0) is 32.1 Å². The first-order valence-corrected chi connectivity index (χ1v) is 30.5. The predicted octanol–water partition coefficient (Wildman–Crippen LogP) is 18.9. The second-order valence-electron chi connectivity index (χ2n) is 21.0. The molecule has 6 heteroatoms. The minimum absolute atomic E-state index is 0.00353. The van der Waals surface area contributed by atoms with Gasteiger partial charge in [-0.15, -0.1) is 0 Å². The summed E-state index contributed by atoms with van der Waals surface area (Å²) in [4.78, 5) is 24.5. The summed E-state index contributed by atoms with van der Waals surface area (Å²) in [6, 6.07) is -0.637. The Morgan fingerprint density at radius 1 is 0.403 bits per heavy atom. The molecule has 67 heavy (non-hydrogen) atoms. The third-order valence-corrected chi connectivity index (χ3v) is 14.3. The van der Waals surface area contributed by atoms with E-state index in [-0.39, 0.29) is 18.5 Å². The summed E-state index contributed by atoms with van der Waals surface area (Å²) in [6.07, 6.45) is 68.1. The topological polar surface area (TPSA) is 95.9 Å². The van der Waals surface area contributed by atoms with Gasteiger partial charge < -0.3 is 20.3 Å². The van der Waals surface area contributed by atoms with Gasteiger partial charge in [-0.2, -0.15) is 0 Å². The van der Waals surface area contributed by atoms with Crippen molar-refractivity contribution in [3.8, 4) is 0 Å². The Morgan fingerprint density at radius 3 is 1.01 bits per heavy atom. The van der Waals surface area contributed by atoms with Crippen molar-refractivity contribution in [3.05, 3.63) is 12.2 Å². The van der Waals surface area contributed by atoms with E-state index < -0.39 is 12.1 Å². The highest BCUT2D eigenvalue weighted by molar-refractivity contribution is 5.76. The first-order chi connectivity index (χ1) is 33.0. The van der Waals surface area contributed by atoms with Crippen molar-refractivity contribution in [1.82, 2.24) is 5.32 Å². The van der Waals surface area contributed by atoms with E-state index in [0.29, 0.717) is 19.4 Å². The standard InChI is InChI=1S/C61H119NO5/c1-3-5-7-9-11-13-15-17-19-20-21-22-23-24-25-26-27-29-33-37-41-45-49-53-59(64)58(57-63)62-60(65)54-50-46-42-38-34-30-28-32-36-40-44-48-52-56-67-61(66)55-51-47-43-39-35-31-18-16-14-12-10-8-6-4-2/h49,53,58-59,63-64H,3-48,50-52,54-57H2,1-2H3,(H,62,65)/b53-49+. The Hall–Kier alpha value is -1.40. The summed E-state index contributed by atoms with van der Waals surface area (Å²) in [5.74, 6) is -0.0801. The van der Waals surface area contributed by atoms with Crippen molar-refractivity contribution in [2.45, 2.75) is 353 Å². The van der Waals surface area contributed by atoms with E-state index in [0.717, 1.165) is 57.8 Å². The molecule has 0 spiro atoms. The normalized spacial score (nSPS) is 12.6. The Morgan fingerprint density at radius 2 is 0.687 bits per heavy atom. The quantitative estimate of drug-likeness (QED) is 0.0321. The van der Waals surface area contributed by atoms with Crippen LogP contribution in [0.25, 0.3) is 0 Å². The number of rotatable bonds is 57. The number of hydrogen-bond donors (Lipinski definition) is 3. The zero-order valence-corrected chi connectivity index (χ0v) is 45.4. The van der Waals surface area contributed by atoms with Gasteiger partial charge in [0.2, 0.25) is 5.91 Å². The van der Waals surface area contributed by atoms with E-state index >= 15 is 0 Å². The summed E-state index contributed by atoms with van der Waals surface area (Å²) in [5, 5.41) is 23.2. The van der Waals surface area contributed by atoms with Gasteiger partial charge in [0.1, 0.15) is 0 Å². The Kier molecular flexibility index (Phi) is 56.0. The number of amides is 1. The monoisotopic (exact) mass is 946 g/mol. The molecule has 0 aromatic heterocycles. The zero-order valence-electron chi connectivity index (χ0n) is 45.4. The van der Waals surface area contributed by atoms with Gasteiger partial charge >= 0.3 is 5.97 Å². The van der Waals surface area contributed by atoms with Crippen molar-refractivity contribution < 1.29 is 24.5 Å². The molecular formula is C61H119NO5. The Bertz CT molecular complexity index is 1000. The Labute approximate surface area is 419 Å². The number of allylic oxidation sites excluding steroid dienone is 1. The molecule has 0 radical (unpaired) electrons. The molecule has 0 fully saturated rings. The number of ether oxygens (including phenoxy) is 1. The van der Waals surface area contributed by atoms with Crippen LogP contribution in [0.4, 0.5) is 0 Å². The molecule has 0 aromatic rings. The minimum Gasteiger partial charge on any atom is -0.466 e. The molecule has 0 saturated heterocycles.